The molecule has 0 atom stereocenters. The minimum absolute atomic E-state index is 0.240. The van der Waals surface area contributed by atoms with E-state index in [4.69, 9.17) is 15.7 Å². The van der Waals surface area contributed by atoms with Crippen molar-refractivity contribution in [1.29, 1.82) is 5.26 Å². The van der Waals surface area contributed by atoms with Gasteiger partial charge in [-0.25, -0.2) is 4.98 Å². The molecule has 0 aromatic carbocycles. The molecule has 2 rings (SSSR count). The number of nitriles is 1. The number of rotatable bonds is 3. The summed E-state index contributed by atoms with van der Waals surface area (Å²) >= 11 is 0. The van der Waals surface area contributed by atoms with Crippen LogP contribution < -0.4 is 10.5 Å². The number of hydrogen-bond donors (Lipinski definition) is 1. The Hall–Kier alpha value is -2.94. The number of carbonyl (C=O) groups is 1. The van der Waals surface area contributed by atoms with Gasteiger partial charge < -0.3 is 10.5 Å². The van der Waals surface area contributed by atoms with Crippen LogP contribution in [0, 0.1) is 11.3 Å². The number of nitrogens with two attached hydrogens (primary N) is 1. The van der Waals surface area contributed by atoms with Gasteiger partial charge in [0.1, 0.15) is 17.5 Å². The van der Waals surface area contributed by atoms with Crippen LogP contribution in [0.25, 0.3) is 0 Å². The number of primary amides is 1. The van der Waals surface area contributed by atoms with Crippen molar-refractivity contribution in [2.45, 2.75) is 0 Å². The fourth-order valence-electron chi connectivity index (χ4n) is 1.26. The van der Waals surface area contributed by atoms with Crippen molar-refractivity contribution in [3.8, 4) is 17.7 Å². The highest BCUT2D eigenvalue weighted by Crippen LogP contribution is 2.19. The fourth-order valence-corrected chi connectivity index (χ4v) is 1.26. The molecule has 0 fully saturated rings. The summed E-state index contributed by atoms with van der Waals surface area (Å²) in [5.41, 5.74) is 5.61. The van der Waals surface area contributed by atoms with Gasteiger partial charge in [0.25, 0.3) is 0 Å². The van der Waals surface area contributed by atoms with Gasteiger partial charge in [0.15, 0.2) is 0 Å². The van der Waals surface area contributed by atoms with Crippen molar-refractivity contribution in [3.05, 3.63) is 47.9 Å². The highest BCUT2D eigenvalue weighted by molar-refractivity contribution is 5.92. The molecule has 18 heavy (non-hydrogen) atoms. The highest BCUT2D eigenvalue weighted by Gasteiger charge is 2.05. The molecule has 6 heteroatoms. The summed E-state index contributed by atoms with van der Waals surface area (Å²) in [6.45, 7) is 0. The molecule has 2 N–H and O–H groups in total. The van der Waals surface area contributed by atoms with Crippen LogP contribution in [0.3, 0.4) is 0 Å². The highest BCUT2D eigenvalue weighted by atomic mass is 16.5. The van der Waals surface area contributed by atoms with Crippen LogP contribution in [0.15, 0.2) is 36.7 Å². The third-order valence-corrected chi connectivity index (χ3v) is 2.06. The second-order valence-electron chi connectivity index (χ2n) is 3.35. The average molecular weight is 240 g/mol. The summed E-state index contributed by atoms with van der Waals surface area (Å²) in [6.07, 6.45) is 2.77. The van der Waals surface area contributed by atoms with Gasteiger partial charge in [-0.15, -0.1) is 0 Å². The monoisotopic (exact) mass is 240 g/mol. The number of pyridine rings is 2. The molecule has 88 valence electrons. The maximum Gasteiger partial charge on any atom is 0.250 e. The third-order valence-electron chi connectivity index (χ3n) is 2.06. The lowest BCUT2D eigenvalue weighted by Gasteiger charge is -2.04. The second-order valence-corrected chi connectivity index (χ2v) is 3.35. The SMILES string of the molecule is N#Cc1cccc(Oc2cncc(C(N)=O)c2)n1. The van der Waals surface area contributed by atoms with Crippen LogP contribution in [0.4, 0.5) is 0 Å². The standard InChI is InChI=1S/C12H8N4O2/c13-5-9-2-1-3-11(16-9)18-10-4-8(12(14)17)6-15-7-10/h1-4,6-7H,(H2,14,17). The molecule has 0 saturated heterocycles. The Bertz CT molecular complexity index is 634. The van der Waals surface area contributed by atoms with Gasteiger partial charge in [0, 0.05) is 12.3 Å². The second kappa shape index (κ2) is 4.93. The van der Waals surface area contributed by atoms with Crippen molar-refractivity contribution < 1.29 is 9.53 Å². The third kappa shape index (κ3) is 2.59. The van der Waals surface area contributed by atoms with Crippen LogP contribution >= 0.6 is 0 Å². The van der Waals surface area contributed by atoms with Crippen molar-refractivity contribution in [2.24, 2.45) is 5.73 Å². The predicted octanol–water partition coefficient (Wildman–Crippen LogP) is 1.24. The van der Waals surface area contributed by atoms with Gasteiger partial charge in [-0.3, -0.25) is 9.78 Å². The van der Waals surface area contributed by atoms with Crippen molar-refractivity contribution in [1.82, 2.24) is 9.97 Å². The maximum atomic E-state index is 11.0. The van der Waals surface area contributed by atoms with Crippen molar-refractivity contribution >= 4 is 5.91 Å². The van der Waals surface area contributed by atoms with Gasteiger partial charge in [-0.1, -0.05) is 6.07 Å². The lowest BCUT2D eigenvalue weighted by molar-refractivity contribution is 0.0999. The molecule has 0 radical (unpaired) electrons. The molecule has 0 saturated carbocycles. The lowest BCUT2D eigenvalue weighted by Crippen LogP contribution is -2.11. The molecule has 6 nitrogen and oxygen atoms in total. The van der Waals surface area contributed by atoms with Gasteiger partial charge in [0.05, 0.1) is 11.8 Å². The topological polar surface area (TPSA) is 102 Å². The summed E-state index contributed by atoms with van der Waals surface area (Å²) in [5.74, 6) is -0.0157. The Kier molecular flexibility index (Phi) is 3.16. The minimum Gasteiger partial charge on any atom is -0.437 e. The predicted molar refractivity (Wildman–Crippen MR) is 61.8 cm³/mol. The zero-order chi connectivity index (χ0) is 13.0. The van der Waals surface area contributed by atoms with Gasteiger partial charge in [-0.05, 0) is 12.1 Å². The Labute approximate surface area is 103 Å². The molecule has 1 amide bonds. The molecule has 0 bridgehead atoms. The number of nitrogens with zero attached hydrogens (tertiary/aromatic N) is 3. The van der Waals surface area contributed by atoms with E-state index < -0.39 is 5.91 Å². The van der Waals surface area contributed by atoms with Gasteiger partial charge >= 0.3 is 0 Å². The van der Waals surface area contributed by atoms with E-state index in [1.165, 1.54) is 18.5 Å². The largest absolute Gasteiger partial charge is 0.437 e. The summed E-state index contributed by atoms with van der Waals surface area (Å²) in [7, 11) is 0. The molecule has 0 aliphatic rings. The molecule has 2 aromatic heterocycles. The minimum atomic E-state index is -0.591. The Morgan fingerprint density at radius 1 is 1.39 bits per heavy atom. The summed E-state index contributed by atoms with van der Waals surface area (Å²) in [4.78, 5) is 18.7. The molecule has 2 heterocycles. The smallest absolute Gasteiger partial charge is 0.250 e. The summed E-state index contributed by atoms with van der Waals surface area (Å²) in [5, 5.41) is 8.70. The summed E-state index contributed by atoms with van der Waals surface area (Å²) < 4.78 is 5.38. The van der Waals surface area contributed by atoms with Crippen LogP contribution in [0.1, 0.15) is 16.1 Å². The van der Waals surface area contributed by atoms with E-state index in [2.05, 4.69) is 9.97 Å². The normalized spacial score (nSPS) is 9.50. The first-order chi connectivity index (χ1) is 8.69. The molecule has 0 spiro atoms. The van der Waals surface area contributed by atoms with Crippen LogP contribution in [-0.4, -0.2) is 15.9 Å². The Balaban J connectivity index is 2.26. The van der Waals surface area contributed by atoms with Crippen molar-refractivity contribution in [2.75, 3.05) is 0 Å². The molecule has 0 aliphatic carbocycles. The van der Waals surface area contributed by atoms with E-state index in [0.29, 0.717) is 5.75 Å². The van der Waals surface area contributed by atoms with E-state index in [0.717, 1.165) is 0 Å². The average Bonchev–Trinajstić information content (AvgIpc) is 2.39. The van der Waals surface area contributed by atoms with Gasteiger partial charge in [0.2, 0.25) is 11.8 Å². The van der Waals surface area contributed by atoms with E-state index in [9.17, 15) is 4.79 Å². The number of hydrogen-bond acceptors (Lipinski definition) is 5. The van der Waals surface area contributed by atoms with Crippen molar-refractivity contribution in [3.63, 3.8) is 0 Å². The number of amides is 1. The van der Waals surface area contributed by atoms with E-state index in [1.807, 2.05) is 6.07 Å². The number of aromatic nitrogens is 2. The van der Waals surface area contributed by atoms with Crippen LogP contribution in [-0.2, 0) is 0 Å². The van der Waals surface area contributed by atoms with Gasteiger partial charge in [-0.2, -0.15) is 5.26 Å². The maximum absolute atomic E-state index is 11.0. The van der Waals surface area contributed by atoms with Crippen LogP contribution in [0.2, 0.25) is 0 Å². The first-order valence-corrected chi connectivity index (χ1v) is 4.99. The number of ether oxygens (including phenoxy) is 1. The fraction of sp³-hybridized carbons (Fsp3) is 0. The van der Waals surface area contributed by atoms with E-state index in [-0.39, 0.29) is 17.1 Å². The molecule has 0 unspecified atom stereocenters. The van der Waals surface area contributed by atoms with E-state index in [1.54, 1.807) is 18.2 Å². The first kappa shape index (κ1) is 11.5. The number of carbonyl (C=O) groups excluding carboxylic acids is 1. The lowest BCUT2D eigenvalue weighted by atomic mass is 10.3. The quantitative estimate of drug-likeness (QED) is 0.869. The zero-order valence-electron chi connectivity index (χ0n) is 9.20. The zero-order valence-corrected chi connectivity index (χ0v) is 9.20. The summed E-state index contributed by atoms with van der Waals surface area (Å²) in [6, 6.07) is 8.16. The Morgan fingerprint density at radius 3 is 2.94 bits per heavy atom. The first-order valence-electron chi connectivity index (χ1n) is 4.99. The molecular weight excluding hydrogens is 232 g/mol. The molecule has 0 aliphatic heterocycles. The molecule has 2 aromatic rings. The van der Waals surface area contributed by atoms with Crippen LogP contribution in [0.5, 0.6) is 11.6 Å². The Morgan fingerprint density at radius 2 is 2.22 bits per heavy atom. The molecular formula is C12H8N4O2. The van der Waals surface area contributed by atoms with E-state index >= 15 is 0 Å².